The Morgan fingerprint density at radius 1 is 1.38 bits per heavy atom. The SMILES string of the molecule is CC(C)(C)NS(=O)(=O)c1ccc2c(c1)CC(C(=O)O)CO2. The fraction of sp³-hybridized carbons (Fsp3) is 0.500. The summed E-state index contributed by atoms with van der Waals surface area (Å²) in [6.07, 6.45) is 0.267. The molecule has 0 bridgehead atoms. The van der Waals surface area contributed by atoms with Crippen LogP contribution in [0.15, 0.2) is 23.1 Å². The van der Waals surface area contributed by atoms with Crippen LogP contribution in [-0.4, -0.2) is 31.6 Å². The van der Waals surface area contributed by atoms with Crippen LogP contribution in [0.3, 0.4) is 0 Å². The molecule has 0 saturated heterocycles. The first-order chi connectivity index (χ1) is 9.58. The highest BCUT2D eigenvalue weighted by atomic mass is 32.2. The van der Waals surface area contributed by atoms with Gasteiger partial charge >= 0.3 is 5.97 Å². The minimum atomic E-state index is -3.64. The van der Waals surface area contributed by atoms with Gasteiger partial charge < -0.3 is 9.84 Å². The van der Waals surface area contributed by atoms with E-state index >= 15 is 0 Å². The van der Waals surface area contributed by atoms with Gasteiger partial charge in [-0.1, -0.05) is 0 Å². The van der Waals surface area contributed by atoms with Gasteiger partial charge in [0.15, 0.2) is 0 Å². The Hall–Kier alpha value is -1.60. The van der Waals surface area contributed by atoms with Crippen molar-refractivity contribution in [3.05, 3.63) is 23.8 Å². The monoisotopic (exact) mass is 313 g/mol. The molecule has 1 aliphatic heterocycles. The molecule has 0 fully saturated rings. The molecule has 0 aromatic heterocycles. The topological polar surface area (TPSA) is 92.7 Å². The lowest BCUT2D eigenvalue weighted by atomic mass is 9.97. The largest absolute Gasteiger partial charge is 0.492 e. The molecule has 1 aliphatic rings. The molecule has 7 heteroatoms. The average molecular weight is 313 g/mol. The maximum Gasteiger partial charge on any atom is 0.310 e. The van der Waals surface area contributed by atoms with Gasteiger partial charge in [0.2, 0.25) is 10.0 Å². The molecule has 116 valence electrons. The Labute approximate surface area is 124 Å². The van der Waals surface area contributed by atoms with Gasteiger partial charge in [0.05, 0.1) is 10.8 Å². The second kappa shape index (κ2) is 5.31. The molecule has 2 N–H and O–H groups in total. The highest BCUT2D eigenvalue weighted by Gasteiger charge is 2.28. The maximum absolute atomic E-state index is 12.3. The number of nitrogens with one attached hydrogen (secondary N) is 1. The number of aliphatic carboxylic acids is 1. The number of carboxylic acids is 1. The summed E-state index contributed by atoms with van der Waals surface area (Å²) in [6.45, 7) is 5.38. The van der Waals surface area contributed by atoms with Gasteiger partial charge in [-0.05, 0) is 51.0 Å². The van der Waals surface area contributed by atoms with Crippen LogP contribution in [0.4, 0.5) is 0 Å². The van der Waals surface area contributed by atoms with E-state index in [1.54, 1.807) is 26.8 Å². The van der Waals surface area contributed by atoms with Crippen molar-refractivity contribution >= 4 is 16.0 Å². The Bertz CT molecular complexity index is 660. The summed E-state index contributed by atoms with van der Waals surface area (Å²) in [5.74, 6) is -1.05. The minimum absolute atomic E-state index is 0.106. The van der Waals surface area contributed by atoms with Crippen LogP contribution < -0.4 is 9.46 Å². The normalized spacial score (nSPS) is 18.7. The van der Waals surface area contributed by atoms with Gasteiger partial charge in [0.1, 0.15) is 12.4 Å². The van der Waals surface area contributed by atoms with Crippen LogP contribution in [0.2, 0.25) is 0 Å². The van der Waals surface area contributed by atoms with Gasteiger partial charge in [0.25, 0.3) is 0 Å². The molecule has 21 heavy (non-hydrogen) atoms. The predicted octanol–water partition coefficient (Wildman–Crippen LogP) is 1.40. The van der Waals surface area contributed by atoms with E-state index in [0.29, 0.717) is 11.3 Å². The zero-order chi connectivity index (χ0) is 15.8. The quantitative estimate of drug-likeness (QED) is 0.880. The number of hydrogen-bond acceptors (Lipinski definition) is 4. The molecule has 0 aliphatic carbocycles. The van der Waals surface area contributed by atoms with Crippen molar-refractivity contribution in [3.8, 4) is 5.75 Å². The van der Waals surface area contributed by atoms with Crippen molar-refractivity contribution in [2.24, 2.45) is 5.92 Å². The van der Waals surface area contributed by atoms with Crippen molar-refractivity contribution in [3.63, 3.8) is 0 Å². The number of carbonyl (C=O) groups is 1. The molecule has 1 unspecified atom stereocenters. The van der Waals surface area contributed by atoms with Crippen molar-refractivity contribution in [2.45, 2.75) is 37.6 Å². The summed E-state index contributed by atoms with van der Waals surface area (Å²) in [7, 11) is -3.64. The van der Waals surface area contributed by atoms with E-state index in [1.165, 1.54) is 12.1 Å². The Balaban J connectivity index is 2.33. The van der Waals surface area contributed by atoms with E-state index in [0.717, 1.165) is 0 Å². The first kappa shape index (κ1) is 15.8. The van der Waals surface area contributed by atoms with Crippen LogP contribution in [0.5, 0.6) is 5.75 Å². The lowest BCUT2D eigenvalue weighted by Gasteiger charge is -2.24. The standard InChI is InChI=1S/C14H19NO5S/c1-14(2,3)15-21(18,19)11-4-5-12-9(7-11)6-10(8-20-12)13(16)17/h4-5,7,10,15H,6,8H2,1-3H3,(H,16,17). The lowest BCUT2D eigenvalue weighted by Crippen LogP contribution is -2.40. The Morgan fingerprint density at radius 3 is 2.62 bits per heavy atom. The minimum Gasteiger partial charge on any atom is -0.492 e. The number of rotatable bonds is 3. The summed E-state index contributed by atoms with van der Waals surface area (Å²) >= 11 is 0. The van der Waals surface area contributed by atoms with E-state index in [9.17, 15) is 13.2 Å². The van der Waals surface area contributed by atoms with Crippen LogP contribution in [0, 0.1) is 5.92 Å². The van der Waals surface area contributed by atoms with Gasteiger partial charge in [-0.25, -0.2) is 13.1 Å². The van der Waals surface area contributed by atoms with Crippen molar-refractivity contribution < 1.29 is 23.1 Å². The third-order valence-electron chi connectivity index (χ3n) is 3.04. The number of sulfonamides is 1. The molecule has 0 spiro atoms. The second-order valence-corrected chi connectivity index (χ2v) is 7.86. The fourth-order valence-corrected chi connectivity index (χ4v) is 3.63. The number of hydrogen-bond donors (Lipinski definition) is 2. The maximum atomic E-state index is 12.3. The number of ether oxygens (including phenoxy) is 1. The zero-order valence-electron chi connectivity index (χ0n) is 12.2. The number of benzene rings is 1. The van der Waals surface area contributed by atoms with E-state index in [1.807, 2.05) is 0 Å². The molecule has 0 saturated carbocycles. The Morgan fingerprint density at radius 2 is 2.05 bits per heavy atom. The smallest absolute Gasteiger partial charge is 0.310 e. The van der Waals surface area contributed by atoms with Crippen molar-refractivity contribution in [1.82, 2.24) is 4.72 Å². The van der Waals surface area contributed by atoms with E-state index < -0.39 is 27.4 Å². The molecule has 0 amide bonds. The Kier molecular flexibility index (Phi) is 3.99. The van der Waals surface area contributed by atoms with Crippen LogP contribution in [0.1, 0.15) is 26.3 Å². The summed E-state index contributed by atoms with van der Waals surface area (Å²) < 4.78 is 32.5. The van der Waals surface area contributed by atoms with E-state index in [-0.39, 0.29) is 17.9 Å². The summed E-state index contributed by atoms with van der Waals surface area (Å²) in [5, 5.41) is 9.04. The van der Waals surface area contributed by atoms with Crippen LogP contribution in [0.25, 0.3) is 0 Å². The molecule has 1 aromatic carbocycles. The van der Waals surface area contributed by atoms with Gasteiger partial charge in [-0.3, -0.25) is 4.79 Å². The molecular formula is C14H19NO5S. The average Bonchev–Trinajstić information content (AvgIpc) is 2.34. The highest BCUT2D eigenvalue weighted by Crippen LogP contribution is 2.30. The third kappa shape index (κ3) is 3.74. The molecule has 1 aromatic rings. The van der Waals surface area contributed by atoms with Crippen molar-refractivity contribution in [1.29, 1.82) is 0 Å². The summed E-state index contributed by atoms with van der Waals surface area (Å²) in [4.78, 5) is 11.1. The third-order valence-corrected chi connectivity index (χ3v) is 4.79. The molecule has 2 rings (SSSR count). The summed E-state index contributed by atoms with van der Waals surface area (Å²) in [6, 6.07) is 4.52. The molecular weight excluding hydrogens is 294 g/mol. The molecule has 1 heterocycles. The van der Waals surface area contributed by atoms with Gasteiger partial charge in [-0.2, -0.15) is 0 Å². The van der Waals surface area contributed by atoms with Gasteiger partial charge in [-0.15, -0.1) is 0 Å². The van der Waals surface area contributed by atoms with Gasteiger partial charge in [0, 0.05) is 5.54 Å². The fourth-order valence-electron chi connectivity index (χ4n) is 2.16. The first-order valence-electron chi connectivity index (χ1n) is 6.61. The molecule has 0 radical (unpaired) electrons. The second-order valence-electron chi connectivity index (χ2n) is 6.18. The van der Waals surface area contributed by atoms with E-state index in [4.69, 9.17) is 9.84 Å². The molecule has 6 nitrogen and oxygen atoms in total. The van der Waals surface area contributed by atoms with E-state index in [2.05, 4.69) is 4.72 Å². The van der Waals surface area contributed by atoms with Crippen molar-refractivity contribution in [2.75, 3.05) is 6.61 Å². The molecule has 1 atom stereocenters. The van der Waals surface area contributed by atoms with Crippen LogP contribution >= 0.6 is 0 Å². The first-order valence-corrected chi connectivity index (χ1v) is 8.09. The summed E-state index contributed by atoms with van der Waals surface area (Å²) in [5.41, 5.74) is 0.0138. The highest BCUT2D eigenvalue weighted by molar-refractivity contribution is 7.89. The van der Waals surface area contributed by atoms with Crippen LogP contribution in [-0.2, 0) is 21.2 Å². The zero-order valence-corrected chi connectivity index (χ0v) is 13.0. The lowest BCUT2D eigenvalue weighted by molar-refractivity contribution is -0.143. The number of carboxylic acid groups (broad SMARTS) is 1. The predicted molar refractivity (Wildman–Crippen MR) is 76.8 cm³/mol. The number of fused-ring (bicyclic) bond motifs is 1.